The SMILES string of the molecule is COc1cccc(N2CC(C(=O)N3CCCC(Oc4ncc(F)cn4)C3)CC2=O)c1. The third-order valence-electron chi connectivity index (χ3n) is 5.40. The summed E-state index contributed by atoms with van der Waals surface area (Å²) in [5, 5.41) is 0. The standard InChI is InChI=1S/C21H23FN4O4/c1-29-17-5-2-4-16(9-17)26-12-14(8-19(26)27)20(28)25-7-3-6-18(13-25)30-21-23-10-15(22)11-24-21/h2,4-5,9-11,14,18H,3,6-8,12-13H2,1H3. The minimum atomic E-state index is -0.533. The molecule has 30 heavy (non-hydrogen) atoms. The van der Waals surface area contributed by atoms with Crippen LogP contribution in [-0.4, -0.2) is 59.5 Å². The van der Waals surface area contributed by atoms with Crippen molar-refractivity contribution in [3.05, 3.63) is 42.5 Å². The van der Waals surface area contributed by atoms with Gasteiger partial charge < -0.3 is 19.3 Å². The van der Waals surface area contributed by atoms with Gasteiger partial charge in [0, 0.05) is 31.3 Å². The molecule has 4 rings (SSSR count). The summed E-state index contributed by atoms with van der Waals surface area (Å²) >= 11 is 0. The molecule has 0 bridgehead atoms. The Morgan fingerprint density at radius 2 is 2.03 bits per heavy atom. The molecule has 2 aliphatic rings. The van der Waals surface area contributed by atoms with E-state index in [9.17, 15) is 14.0 Å². The zero-order valence-corrected chi connectivity index (χ0v) is 16.7. The lowest BCUT2D eigenvalue weighted by molar-refractivity contribution is -0.138. The summed E-state index contributed by atoms with van der Waals surface area (Å²) in [4.78, 5) is 36.6. The summed E-state index contributed by atoms with van der Waals surface area (Å²) in [5.74, 6) is -0.402. The molecular weight excluding hydrogens is 391 g/mol. The largest absolute Gasteiger partial charge is 0.497 e. The summed E-state index contributed by atoms with van der Waals surface area (Å²) in [6.45, 7) is 1.35. The topological polar surface area (TPSA) is 84.9 Å². The first kappa shape index (κ1) is 20.1. The Morgan fingerprint density at radius 3 is 2.80 bits per heavy atom. The van der Waals surface area contributed by atoms with E-state index in [2.05, 4.69) is 9.97 Å². The maximum atomic E-state index is 13.1. The minimum absolute atomic E-state index is 0.0536. The van der Waals surface area contributed by atoms with E-state index in [4.69, 9.17) is 9.47 Å². The highest BCUT2D eigenvalue weighted by Gasteiger charge is 2.38. The summed E-state index contributed by atoms with van der Waals surface area (Å²) in [7, 11) is 1.57. The molecule has 9 heteroatoms. The van der Waals surface area contributed by atoms with Crippen LogP contribution in [0.15, 0.2) is 36.7 Å². The lowest BCUT2D eigenvalue weighted by atomic mass is 10.0. The lowest BCUT2D eigenvalue weighted by Crippen LogP contribution is -2.47. The molecule has 2 atom stereocenters. The van der Waals surface area contributed by atoms with Crippen molar-refractivity contribution in [3.8, 4) is 11.8 Å². The fourth-order valence-electron chi connectivity index (χ4n) is 3.90. The van der Waals surface area contributed by atoms with Crippen molar-refractivity contribution < 1.29 is 23.5 Å². The van der Waals surface area contributed by atoms with Crippen molar-refractivity contribution in [3.63, 3.8) is 0 Å². The quantitative estimate of drug-likeness (QED) is 0.745. The van der Waals surface area contributed by atoms with Crippen molar-refractivity contribution in [2.24, 2.45) is 5.92 Å². The predicted octanol–water partition coefficient (Wildman–Crippen LogP) is 2.05. The number of carbonyl (C=O) groups is 2. The summed E-state index contributed by atoms with van der Waals surface area (Å²) in [6, 6.07) is 7.35. The highest BCUT2D eigenvalue weighted by atomic mass is 19.1. The van der Waals surface area contributed by atoms with Crippen LogP contribution in [0.3, 0.4) is 0 Å². The highest BCUT2D eigenvalue weighted by molar-refractivity contribution is 6.00. The fraction of sp³-hybridized carbons (Fsp3) is 0.429. The summed E-state index contributed by atoms with van der Waals surface area (Å²) in [5.41, 5.74) is 0.725. The minimum Gasteiger partial charge on any atom is -0.497 e. The Bertz CT molecular complexity index is 923. The van der Waals surface area contributed by atoms with Gasteiger partial charge in [0.05, 0.1) is 32.0 Å². The first-order valence-corrected chi connectivity index (χ1v) is 9.91. The normalized spacial score (nSPS) is 21.6. The molecule has 1 aromatic heterocycles. The number of aromatic nitrogens is 2. The molecule has 2 aromatic rings. The number of hydrogen-bond acceptors (Lipinski definition) is 6. The van der Waals surface area contributed by atoms with Crippen molar-refractivity contribution in [2.45, 2.75) is 25.4 Å². The maximum absolute atomic E-state index is 13.1. The molecule has 158 valence electrons. The van der Waals surface area contributed by atoms with Crippen molar-refractivity contribution in [1.82, 2.24) is 14.9 Å². The van der Waals surface area contributed by atoms with Crippen molar-refractivity contribution in [2.75, 3.05) is 31.6 Å². The van der Waals surface area contributed by atoms with Crippen LogP contribution < -0.4 is 14.4 Å². The number of amides is 2. The molecular formula is C21H23FN4O4. The van der Waals surface area contributed by atoms with Gasteiger partial charge in [0.15, 0.2) is 5.82 Å². The van der Waals surface area contributed by atoms with Crippen LogP contribution in [0.2, 0.25) is 0 Å². The predicted molar refractivity (Wildman–Crippen MR) is 106 cm³/mol. The maximum Gasteiger partial charge on any atom is 0.316 e. The average molecular weight is 414 g/mol. The molecule has 1 aromatic carbocycles. The van der Waals surface area contributed by atoms with Crippen molar-refractivity contribution in [1.29, 1.82) is 0 Å². The van der Waals surface area contributed by atoms with Gasteiger partial charge in [-0.1, -0.05) is 6.07 Å². The molecule has 0 N–H and O–H groups in total. The smallest absolute Gasteiger partial charge is 0.316 e. The Kier molecular flexibility index (Phi) is 5.78. The number of nitrogens with zero attached hydrogens (tertiary/aromatic N) is 4. The Balaban J connectivity index is 1.39. The number of carbonyl (C=O) groups excluding carboxylic acids is 2. The Labute approximate surface area is 173 Å². The van der Waals surface area contributed by atoms with Crippen molar-refractivity contribution >= 4 is 17.5 Å². The number of methoxy groups -OCH3 is 1. The van der Waals surface area contributed by atoms with Crippen LogP contribution in [-0.2, 0) is 9.59 Å². The van der Waals surface area contributed by atoms with Gasteiger partial charge in [-0.05, 0) is 25.0 Å². The second-order valence-electron chi connectivity index (χ2n) is 7.46. The lowest BCUT2D eigenvalue weighted by Gasteiger charge is -2.33. The van der Waals surface area contributed by atoms with Crippen LogP contribution in [0.25, 0.3) is 0 Å². The van der Waals surface area contributed by atoms with E-state index in [0.29, 0.717) is 25.4 Å². The van der Waals surface area contributed by atoms with Gasteiger partial charge in [-0.25, -0.2) is 14.4 Å². The molecule has 0 saturated carbocycles. The molecule has 0 spiro atoms. The first-order chi connectivity index (χ1) is 14.5. The van der Waals surface area contributed by atoms with E-state index in [-0.39, 0.29) is 30.3 Å². The molecule has 8 nitrogen and oxygen atoms in total. The third kappa shape index (κ3) is 4.34. The zero-order valence-electron chi connectivity index (χ0n) is 16.7. The van der Waals surface area contributed by atoms with Gasteiger partial charge in [-0.3, -0.25) is 9.59 Å². The number of benzene rings is 1. The average Bonchev–Trinajstić information content (AvgIpc) is 3.16. The van der Waals surface area contributed by atoms with E-state index >= 15 is 0 Å². The second-order valence-corrected chi connectivity index (χ2v) is 7.46. The molecule has 2 unspecified atom stereocenters. The van der Waals surface area contributed by atoms with Gasteiger partial charge >= 0.3 is 6.01 Å². The van der Waals surface area contributed by atoms with E-state index in [1.807, 2.05) is 18.2 Å². The number of anilines is 1. The van der Waals surface area contributed by atoms with Gasteiger partial charge in [0.1, 0.15) is 11.9 Å². The highest BCUT2D eigenvalue weighted by Crippen LogP contribution is 2.29. The van der Waals surface area contributed by atoms with Crippen LogP contribution in [0.1, 0.15) is 19.3 Å². The number of piperidine rings is 1. The monoisotopic (exact) mass is 414 g/mol. The molecule has 3 heterocycles. The summed E-state index contributed by atoms with van der Waals surface area (Å²) in [6.07, 6.45) is 3.54. The zero-order chi connectivity index (χ0) is 21.1. The number of ether oxygens (including phenoxy) is 2. The molecule has 2 saturated heterocycles. The van der Waals surface area contributed by atoms with E-state index < -0.39 is 11.7 Å². The Hall–Kier alpha value is -3.23. The van der Waals surface area contributed by atoms with Gasteiger partial charge in [0.2, 0.25) is 11.8 Å². The Morgan fingerprint density at radius 1 is 1.23 bits per heavy atom. The van der Waals surface area contributed by atoms with Gasteiger partial charge in [-0.2, -0.15) is 0 Å². The number of likely N-dealkylation sites (tertiary alicyclic amines) is 1. The van der Waals surface area contributed by atoms with Crippen LogP contribution in [0.4, 0.5) is 10.1 Å². The van der Waals surface area contributed by atoms with Gasteiger partial charge in [0.25, 0.3) is 0 Å². The van der Waals surface area contributed by atoms with Crippen LogP contribution in [0, 0.1) is 11.7 Å². The number of rotatable bonds is 5. The number of halogens is 1. The third-order valence-corrected chi connectivity index (χ3v) is 5.40. The molecule has 2 aliphatic heterocycles. The molecule has 2 amide bonds. The second kappa shape index (κ2) is 8.64. The molecule has 0 radical (unpaired) electrons. The van der Waals surface area contributed by atoms with E-state index in [1.54, 1.807) is 23.0 Å². The van der Waals surface area contributed by atoms with E-state index in [1.165, 1.54) is 0 Å². The number of hydrogen-bond donors (Lipinski definition) is 0. The van der Waals surface area contributed by atoms with Crippen LogP contribution in [0.5, 0.6) is 11.8 Å². The van der Waals surface area contributed by atoms with Gasteiger partial charge in [-0.15, -0.1) is 0 Å². The molecule has 0 aliphatic carbocycles. The molecule has 2 fully saturated rings. The van der Waals surface area contributed by atoms with E-state index in [0.717, 1.165) is 30.9 Å². The summed E-state index contributed by atoms with van der Waals surface area (Å²) < 4.78 is 23.9. The van der Waals surface area contributed by atoms with Crippen LogP contribution >= 0.6 is 0 Å². The first-order valence-electron chi connectivity index (χ1n) is 9.91. The fourth-order valence-corrected chi connectivity index (χ4v) is 3.90.